The predicted molar refractivity (Wildman–Crippen MR) is 40.6 cm³/mol. The van der Waals surface area contributed by atoms with Crippen molar-refractivity contribution in [3.63, 3.8) is 0 Å². The summed E-state index contributed by atoms with van der Waals surface area (Å²) in [6, 6.07) is 0. The van der Waals surface area contributed by atoms with Gasteiger partial charge in [-0.3, -0.25) is 0 Å². The Morgan fingerprint density at radius 3 is 2.82 bits per heavy atom. The van der Waals surface area contributed by atoms with Gasteiger partial charge in [0.1, 0.15) is 5.66 Å². The van der Waals surface area contributed by atoms with Gasteiger partial charge in [-0.15, -0.1) is 0 Å². The standard InChI is InChI=1S/C7H10N2O2/c1-7(8)3-2-5(4-9-7)6(10)11/h2-4,9H,8H2,1H3,(H,10,11). The van der Waals surface area contributed by atoms with Gasteiger partial charge in [0.05, 0.1) is 5.57 Å². The van der Waals surface area contributed by atoms with E-state index in [0.717, 1.165) is 0 Å². The molecule has 0 aromatic carbocycles. The zero-order chi connectivity index (χ0) is 8.48. The number of carboxylic acids is 1. The topological polar surface area (TPSA) is 75.4 Å². The quantitative estimate of drug-likeness (QED) is 0.488. The number of carbonyl (C=O) groups is 1. The third kappa shape index (κ3) is 1.81. The average Bonchev–Trinajstić information content (AvgIpc) is 1.86. The molecular formula is C7H10N2O2. The van der Waals surface area contributed by atoms with Crippen LogP contribution in [0.1, 0.15) is 6.92 Å². The highest BCUT2D eigenvalue weighted by Gasteiger charge is 2.17. The molecule has 4 N–H and O–H groups in total. The first-order valence-corrected chi connectivity index (χ1v) is 3.20. The first-order valence-electron chi connectivity index (χ1n) is 3.20. The molecule has 4 heteroatoms. The van der Waals surface area contributed by atoms with Gasteiger partial charge in [-0.05, 0) is 19.1 Å². The zero-order valence-electron chi connectivity index (χ0n) is 6.16. The van der Waals surface area contributed by atoms with Crippen LogP contribution in [-0.4, -0.2) is 16.7 Å². The van der Waals surface area contributed by atoms with Crippen molar-refractivity contribution >= 4 is 5.97 Å². The summed E-state index contributed by atoms with van der Waals surface area (Å²) in [4.78, 5) is 10.4. The summed E-state index contributed by atoms with van der Waals surface area (Å²) in [7, 11) is 0. The van der Waals surface area contributed by atoms with Crippen LogP contribution in [0.4, 0.5) is 0 Å². The van der Waals surface area contributed by atoms with E-state index in [4.69, 9.17) is 10.8 Å². The minimum absolute atomic E-state index is 0.216. The maximum atomic E-state index is 10.4. The minimum Gasteiger partial charge on any atom is -0.478 e. The normalized spacial score (nSPS) is 29.1. The van der Waals surface area contributed by atoms with E-state index in [1.165, 1.54) is 12.3 Å². The molecule has 0 amide bonds. The molecule has 0 saturated carbocycles. The first-order chi connectivity index (χ1) is 5.01. The minimum atomic E-state index is -0.954. The third-order valence-electron chi connectivity index (χ3n) is 1.39. The van der Waals surface area contributed by atoms with Gasteiger partial charge < -0.3 is 16.2 Å². The summed E-state index contributed by atoms with van der Waals surface area (Å²) in [5.74, 6) is -0.954. The van der Waals surface area contributed by atoms with Gasteiger partial charge in [-0.1, -0.05) is 0 Å². The van der Waals surface area contributed by atoms with Crippen LogP contribution in [0.5, 0.6) is 0 Å². The van der Waals surface area contributed by atoms with Crippen LogP contribution in [0.15, 0.2) is 23.9 Å². The van der Waals surface area contributed by atoms with Gasteiger partial charge in [-0.2, -0.15) is 0 Å². The van der Waals surface area contributed by atoms with Crippen molar-refractivity contribution in [2.75, 3.05) is 0 Å². The molecule has 0 spiro atoms. The largest absolute Gasteiger partial charge is 0.478 e. The average molecular weight is 154 g/mol. The van der Waals surface area contributed by atoms with Crippen molar-refractivity contribution in [1.29, 1.82) is 0 Å². The van der Waals surface area contributed by atoms with Gasteiger partial charge >= 0.3 is 5.97 Å². The summed E-state index contributed by atoms with van der Waals surface area (Å²) in [6.45, 7) is 1.75. The van der Waals surface area contributed by atoms with Crippen LogP contribution in [0.3, 0.4) is 0 Å². The van der Waals surface area contributed by atoms with Crippen molar-refractivity contribution in [2.45, 2.75) is 12.6 Å². The van der Waals surface area contributed by atoms with Gasteiger partial charge in [0, 0.05) is 6.20 Å². The molecule has 1 heterocycles. The lowest BCUT2D eigenvalue weighted by Gasteiger charge is -2.24. The summed E-state index contributed by atoms with van der Waals surface area (Å²) in [5.41, 5.74) is 5.19. The Hall–Kier alpha value is -1.29. The number of nitrogens with two attached hydrogens (primary N) is 1. The fraction of sp³-hybridized carbons (Fsp3) is 0.286. The molecule has 0 bridgehead atoms. The summed E-state index contributed by atoms with van der Waals surface area (Å²) in [6.07, 6.45) is 4.48. The predicted octanol–water partition coefficient (Wildman–Crippen LogP) is -0.211. The maximum Gasteiger partial charge on any atom is 0.337 e. The SMILES string of the molecule is CC1(N)C=CC(C(=O)O)=CN1. The molecule has 0 radical (unpaired) electrons. The molecule has 0 aromatic rings. The molecule has 1 unspecified atom stereocenters. The molecule has 0 fully saturated rings. The molecule has 0 aromatic heterocycles. The van der Waals surface area contributed by atoms with Gasteiger partial charge in [0.15, 0.2) is 0 Å². The van der Waals surface area contributed by atoms with Crippen LogP contribution >= 0.6 is 0 Å². The monoisotopic (exact) mass is 154 g/mol. The Kier molecular flexibility index (Phi) is 1.70. The number of hydrogen-bond acceptors (Lipinski definition) is 3. The van der Waals surface area contributed by atoms with Gasteiger partial charge in [-0.25, -0.2) is 4.79 Å². The number of aliphatic carboxylic acids is 1. The van der Waals surface area contributed by atoms with Crippen molar-refractivity contribution in [2.24, 2.45) is 5.73 Å². The van der Waals surface area contributed by atoms with Crippen LogP contribution < -0.4 is 11.1 Å². The van der Waals surface area contributed by atoms with Crippen molar-refractivity contribution in [1.82, 2.24) is 5.32 Å². The zero-order valence-corrected chi connectivity index (χ0v) is 6.16. The first kappa shape index (κ1) is 7.81. The van der Waals surface area contributed by atoms with Crippen molar-refractivity contribution in [3.8, 4) is 0 Å². The Morgan fingerprint density at radius 2 is 2.45 bits per heavy atom. The van der Waals surface area contributed by atoms with E-state index < -0.39 is 11.6 Å². The van der Waals surface area contributed by atoms with E-state index in [1.807, 2.05) is 0 Å². The number of nitrogens with one attached hydrogen (secondary N) is 1. The highest BCUT2D eigenvalue weighted by atomic mass is 16.4. The fourth-order valence-electron chi connectivity index (χ4n) is 0.725. The van der Waals surface area contributed by atoms with Crippen LogP contribution in [-0.2, 0) is 4.79 Å². The molecule has 0 saturated heterocycles. The Labute approximate surface area is 64.4 Å². The third-order valence-corrected chi connectivity index (χ3v) is 1.39. The van der Waals surface area contributed by atoms with E-state index in [0.29, 0.717) is 0 Å². The molecule has 11 heavy (non-hydrogen) atoms. The Bertz CT molecular complexity index is 241. The molecule has 1 rings (SSSR count). The van der Waals surface area contributed by atoms with E-state index in [9.17, 15) is 4.79 Å². The molecule has 0 aliphatic carbocycles. The van der Waals surface area contributed by atoms with Crippen LogP contribution in [0, 0.1) is 0 Å². The summed E-state index contributed by atoms with van der Waals surface area (Å²) < 4.78 is 0. The van der Waals surface area contributed by atoms with E-state index in [2.05, 4.69) is 5.32 Å². The lowest BCUT2D eigenvalue weighted by molar-refractivity contribution is -0.132. The molecule has 1 aliphatic heterocycles. The Morgan fingerprint density at radius 1 is 1.82 bits per heavy atom. The van der Waals surface area contributed by atoms with E-state index >= 15 is 0 Å². The second-order valence-corrected chi connectivity index (χ2v) is 2.67. The molecule has 4 nitrogen and oxygen atoms in total. The lowest BCUT2D eigenvalue weighted by Crippen LogP contribution is -2.47. The molecular weight excluding hydrogens is 144 g/mol. The van der Waals surface area contributed by atoms with E-state index in [1.54, 1.807) is 13.0 Å². The number of dihydropyridines is 1. The van der Waals surface area contributed by atoms with Gasteiger partial charge in [0.2, 0.25) is 0 Å². The molecule has 1 atom stereocenters. The maximum absolute atomic E-state index is 10.4. The van der Waals surface area contributed by atoms with Crippen LogP contribution in [0.2, 0.25) is 0 Å². The summed E-state index contributed by atoms with van der Waals surface area (Å²) >= 11 is 0. The molecule has 60 valence electrons. The van der Waals surface area contributed by atoms with Crippen molar-refractivity contribution in [3.05, 3.63) is 23.9 Å². The highest BCUT2D eigenvalue weighted by molar-refractivity contribution is 5.90. The van der Waals surface area contributed by atoms with Crippen molar-refractivity contribution < 1.29 is 9.90 Å². The number of hydrogen-bond donors (Lipinski definition) is 3. The second-order valence-electron chi connectivity index (χ2n) is 2.67. The molecule has 1 aliphatic rings. The summed E-state index contributed by atoms with van der Waals surface area (Å²) in [5, 5.41) is 11.2. The Balaban J connectivity index is 2.75. The highest BCUT2D eigenvalue weighted by Crippen LogP contribution is 2.07. The number of carboxylic acid groups (broad SMARTS) is 1. The smallest absolute Gasteiger partial charge is 0.337 e. The van der Waals surface area contributed by atoms with Gasteiger partial charge in [0.25, 0.3) is 0 Å². The van der Waals surface area contributed by atoms with E-state index in [-0.39, 0.29) is 5.57 Å². The fourth-order valence-corrected chi connectivity index (χ4v) is 0.725. The second kappa shape index (κ2) is 2.39. The number of rotatable bonds is 1. The lowest BCUT2D eigenvalue weighted by atomic mass is 10.1. The van der Waals surface area contributed by atoms with Crippen LogP contribution in [0.25, 0.3) is 0 Å².